The molecule has 1 aromatic rings. The van der Waals surface area contributed by atoms with Gasteiger partial charge in [0.05, 0.1) is 5.56 Å². The second-order valence-corrected chi connectivity index (χ2v) is 2.22. The summed E-state index contributed by atoms with van der Waals surface area (Å²) in [6.45, 7) is 0. The minimum Gasteiger partial charge on any atom is -0.211 e. The van der Waals surface area contributed by atoms with Gasteiger partial charge in [0.25, 0.3) is 0 Å². The number of hydrogen-bond donors (Lipinski definition) is 0. The van der Waals surface area contributed by atoms with Gasteiger partial charge in [-0.15, -0.1) is 4.99 Å². The number of aliphatic imine (C=N–C) groups is 1. The van der Waals surface area contributed by atoms with Gasteiger partial charge in [-0.2, -0.15) is 8.78 Å². The van der Waals surface area contributed by atoms with Crippen LogP contribution in [0, 0.1) is 5.82 Å². The zero-order valence-electron chi connectivity index (χ0n) is 6.30. The van der Waals surface area contributed by atoms with Crippen molar-refractivity contribution in [3.8, 4) is 0 Å². The molecule has 0 unspecified atom stereocenters. The van der Waals surface area contributed by atoms with Gasteiger partial charge < -0.3 is 0 Å². The molecule has 0 saturated carbocycles. The Morgan fingerprint density at radius 1 is 1.31 bits per heavy atom. The number of nitrogens with zero attached hydrogens (tertiary/aromatic N) is 1. The average Bonchev–Trinajstić information content (AvgIpc) is 2.04. The molecule has 0 aromatic heterocycles. The first-order valence-corrected chi connectivity index (χ1v) is 3.30. The van der Waals surface area contributed by atoms with Crippen LogP contribution in [-0.4, -0.2) is 6.08 Å². The number of isocyanates is 1. The van der Waals surface area contributed by atoms with E-state index in [0.717, 1.165) is 12.1 Å². The Kier molecular flexibility index (Phi) is 2.49. The first kappa shape index (κ1) is 9.48. The van der Waals surface area contributed by atoms with Gasteiger partial charge in [-0.05, 0) is 12.1 Å². The third-order valence-electron chi connectivity index (χ3n) is 1.38. The number of alkyl halides is 2. The molecule has 68 valence electrons. The number of benzene rings is 1. The topological polar surface area (TPSA) is 29.4 Å². The van der Waals surface area contributed by atoms with Crippen molar-refractivity contribution in [3.63, 3.8) is 0 Å². The fourth-order valence-electron chi connectivity index (χ4n) is 0.823. The molecule has 0 bridgehead atoms. The molecule has 0 atom stereocenters. The summed E-state index contributed by atoms with van der Waals surface area (Å²) in [5, 5.41) is 0. The standard InChI is InChI=1S/C8H4F3NO/c9-7-4-2-1-3-6(7)8(10,11)12-5-13/h1-4H. The molecule has 0 N–H and O–H groups in total. The van der Waals surface area contributed by atoms with Crippen LogP contribution in [0.25, 0.3) is 0 Å². The minimum atomic E-state index is -3.84. The Labute approximate surface area is 71.7 Å². The van der Waals surface area contributed by atoms with E-state index in [0.29, 0.717) is 6.08 Å². The zero-order chi connectivity index (χ0) is 9.90. The van der Waals surface area contributed by atoms with E-state index in [1.165, 1.54) is 12.1 Å². The normalized spacial score (nSPS) is 10.7. The molecule has 1 aromatic carbocycles. The lowest BCUT2D eigenvalue weighted by Gasteiger charge is -2.09. The molecule has 0 amide bonds. The third kappa shape index (κ3) is 1.95. The summed E-state index contributed by atoms with van der Waals surface area (Å²) < 4.78 is 38.2. The number of rotatable bonds is 2. The van der Waals surface area contributed by atoms with Gasteiger partial charge in [0, 0.05) is 0 Å². The Balaban J connectivity index is 3.21. The van der Waals surface area contributed by atoms with E-state index in [1.807, 2.05) is 0 Å². The third-order valence-corrected chi connectivity index (χ3v) is 1.38. The van der Waals surface area contributed by atoms with Crippen LogP contribution in [0.2, 0.25) is 0 Å². The Hall–Kier alpha value is -1.61. The Morgan fingerprint density at radius 2 is 1.92 bits per heavy atom. The van der Waals surface area contributed by atoms with Gasteiger partial charge in [0.2, 0.25) is 6.08 Å². The maximum atomic E-state index is 12.7. The molecule has 0 heterocycles. The highest BCUT2D eigenvalue weighted by atomic mass is 19.3. The van der Waals surface area contributed by atoms with Crippen LogP contribution in [0.5, 0.6) is 0 Å². The molecule has 5 heteroatoms. The summed E-state index contributed by atoms with van der Waals surface area (Å²) in [6, 6.07) is 0.374. The fraction of sp³-hybridized carbons (Fsp3) is 0.125. The summed E-state index contributed by atoms with van der Waals surface area (Å²) in [5.41, 5.74) is -0.932. The predicted molar refractivity (Wildman–Crippen MR) is 38.4 cm³/mol. The van der Waals surface area contributed by atoms with E-state index in [2.05, 4.69) is 4.99 Å². The summed E-state index contributed by atoms with van der Waals surface area (Å²) in [6.07, 6.45) is 0.692. The highest BCUT2D eigenvalue weighted by Gasteiger charge is 2.33. The van der Waals surface area contributed by atoms with Crippen molar-refractivity contribution in [1.82, 2.24) is 0 Å². The van der Waals surface area contributed by atoms with Crippen LogP contribution < -0.4 is 0 Å². The van der Waals surface area contributed by atoms with Gasteiger partial charge in [0.1, 0.15) is 5.82 Å². The summed E-state index contributed by atoms with van der Waals surface area (Å²) in [7, 11) is 0. The van der Waals surface area contributed by atoms with E-state index in [4.69, 9.17) is 0 Å². The molecule has 2 nitrogen and oxygen atoms in total. The minimum absolute atomic E-state index is 0.692. The molecule has 13 heavy (non-hydrogen) atoms. The lowest BCUT2D eigenvalue weighted by Crippen LogP contribution is -2.11. The van der Waals surface area contributed by atoms with Crippen molar-refractivity contribution < 1.29 is 18.0 Å². The molecule has 0 aliphatic rings. The van der Waals surface area contributed by atoms with Crippen LogP contribution in [0.1, 0.15) is 5.56 Å². The average molecular weight is 187 g/mol. The molecular weight excluding hydrogens is 183 g/mol. The van der Waals surface area contributed by atoms with E-state index in [-0.39, 0.29) is 0 Å². The van der Waals surface area contributed by atoms with E-state index >= 15 is 0 Å². The van der Waals surface area contributed by atoms with Crippen LogP contribution in [0.4, 0.5) is 13.2 Å². The van der Waals surface area contributed by atoms with Crippen molar-refractivity contribution in [2.75, 3.05) is 0 Å². The quantitative estimate of drug-likeness (QED) is 0.396. The smallest absolute Gasteiger partial charge is 0.211 e. The fourth-order valence-corrected chi connectivity index (χ4v) is 0.823. The van der Waals surface area contributed by atoms with Crippen LogP contribution in [-0.2, 0) is 10.8 Å². The number of halogens is 3. The van der Waals surface area contributed by atoms with Crippen molar-refractivity contribution >= 4 is 6.08 Å². The van der Waals surface area contributed by atoms with E-state index in [9.17, 15) is 18.0 Å². The first-order chi connectivity index (χ1) is 6.08. The highest BCUT2D eigenvalue weighted by Crippen LogP contribution is 2.30. The van der Waals surface area contributed by atoms with Gasteiger partial charge in [-0.25, -0.2) is 9.18 Å². The Morgan fingerprint density at radius 3 is 2.46 bits per heavy atom. The number of hydrogen-bond acceptors (Lipinski definition) is 2. The second-order valence-electron chi connectivity index (χ2n) is 2.22. The first-order valence-electron chi connectivity index (χ1n) is 3.30. The summed E-state index contributed by atoms with van der Waals surface area (Å²) >= 11 is 0. The lowest BCUT2D eigenvalue weighted by atomic mass is 10.2. The molecule has 0 saturated heterocycles. The van der Waals surface area contributed by atoms with Gasteiger partial charge in [0.15, 0.2) is 0 Å². The van der Waals surface area contributed by atoms with Crippen LogP contribution >= 0.6 is 0 Å². The molecule has 0 radical (unpaired) electrons. The molecule has 1 rings (SSSR count). The molecular formula is C8H4F3NO. The monoisotopic (exact) mass is 187 g/mol. The van der Waals surface area contributed by atoms with Crippen LogP contribution in [0.3, 0.4) is 0 Å². The highest BCUT2D eigenvalue weighted by molar-refractivity contribution is 5.36. The van der Waals surface area contributed by atoms with Crippen molar-refractivity contribution in [2.24, 2.45) is 4.99 Å². The summed E-state index contributed by atoms with van der Waals surface area (Å²) in [4.78, 5) is 11.8. The SMILES string of the molecule is O=C=NC(F)(F)c1ccccc1F. The Bertz CT molecular complexity index is 358. The largest absolute Gasteiger partial charge is 0.381 e. The number of carbonyl (C=O) groups excluding carboxylic acids is 1. The van der Waals surface area contributed by atoms with Crippen molar-refractivity contribution in [3.05, 3.63) is 35.6 Å². The maximum Gasteiger partial charge on any atom is 0.381 e. The second kappa shape index (κ2) is 3.41. The van der Waals surface area contributed by atoms with Crippen molar-refractivity contribution in [2.45, 2.75) is 6.05 Å². The lowest BCUT2D eigenvalue weighted by molar-refractivity contribution is 0.00259. The maximum absolute atomic E-state index is 12.7. The molecule has 0 aliphatic heterocycles. The zero-order valence-corrected chi connectivity index (χ0v) is 6.30. The van der Waals surface area contributed by atoms with Gasteiger partial charge >= 0.3 is 6.05 Å². The predicted octanol–water partition coefficient (Wildman–Crippen LogP) is 2.21. The van der Waals surface area contributed by atoms with Crippen molar-refractivity contribution in [1.29, 1.82) is 0 Å². The molecule has 0 aliphatic carbocycles. The molecule has 0 fully saturated rings. The van der Waals surface area contributed by atoms with Gasteiger partial charge in [-0.1, -0.05) is 12.1 Å². The van der Waals surface area contributed by atoms with E-state index < -0.39 is 17.4 Å². The van der Waals surface area contributed by atoms with Gasteiger partial charge in [-0.3, -0.25) is 0 Å². The molecule has 0 spiro atoms. The van der Waals surface area contributed by atoms with Crippen LogP contribution in [0.15, 0.2) is 29.3 Å². The summed E-state index contributed by atoms with van der Waals surface area (Å²) in [5.74, 6) is -1.11. The van der Waals surface area contributed by atoms with E-state index in [1.54, 1.807) is 0 Å².